The van der Waals surface area contributed by atoms with E-state index in [9.17, 15) is 14.4 Å². The third-order valence-corrected chi connectivity index (χ3v) is 8.46. The van der Waals surface area contributed by atoms with E-state index in [1.54, 1.807) is 17.9 Å². The molecule has 1 aromatic rings. The van der Waals surface area contributed by atoms with Gasteiger partial charge in [-0.1, -0.05) is 44.2 Å². The summed E-state index contributed by atoms with van der Waals surface area (Å²) >= 11 is 0. The zero-order valence-corrected chi connectivity index (χ0v) is 23.2. The minimum Gasteiger partial charge on any atom is -0.492 e. The molecule has 2 aliphatic carbocycles. The number of fused-ring (bicyclic) bond motifs is 1. The van der Waals surface area contributed by atoms with Crippen molar-refractivity contribution in [2.75, 3.05) is 39.9 Å². The van der Waals surface area contributed by atoms with Crippen molar-refractivity contribution in [2.24, 2.45) is 17.8 Å². The van der Waals surface area contributed by atoms with Crippen LogP contribution in [-0.4, -0.2) is 67.5 Å². The molecule has 1 aromatic carbocycles. The van der Waals surface area contributed by atoms with Crippen molar-refractivity contribution in [1.82, 2.24) is 9.80 Å². The van der Waals surface area contributed by atoms with Crippen LogP contribution in [0.1, 0.15) is 76.7 Å². The predicted molar refractivity (Wildman–Crippen MR) is 147 cm³/mol. The number of rotatable bonds is 10. The lowest BCUT2D eigenvalue weighted by molar-refractivity contribution is -0.140. The smallest absolute Gasteiger partial charge is 0.334 e. The van der Waals surface area contributed by atoms with Gasteiger partial charge in [0.2, 0.25) is 11.8 Å². The Morgan fingerprint density at radius 1 is 0.947 bits per heavy atom. The molecular formula is C31H44N2O5. The molecule has 0 spiro atoms. The Kier molecular flexibility index (Phi) is 10.2. The number of carbonyl (C=O) groups excluding carboxylic acids is 3. The number of likely N-dealkylation sites (N-methyl/N-ethyl adjacent to an activating group) is 1. The SMILES string of the molecule is CCOC(=O)/C(=C/c1ccc(OCCN(C)C(=O)C2CCCCC2)cc1)CC(=O)N1C[C@H]2CCCC[C@H]2C1. The largest absolute Gasteiger partial charge is 0.492 e. The predicted octanol–water partition coefficient (Wildman–Crippen LogP) is 5.09. The van der Waals surface area contributed by atoms with Gasteiger partial charge in [0.15, 0.2) is 0 Å². The second kappa shape index (κ2) is 13.8. The van der Waals surface area contributed by atoms with E-state index in [1.807, 2.05) is 36.2 Å². The fraction of sp³-hybridized carbons (Fsp3) is 0.645. The molecule has 38 heavy (non-hydrogen) atoms. The summed E-state index contributed by atoms with van der Waals surface area (Å²) in [6.45, 7) is 4.63. The first-order valence-electron chi connectivity index (χ1n) is 14.6. The normalized spacial score (nSPS) is 22.1. The molecule has 0 radical (unpaired) electrons. The Labute approximate surface area is 227 Å². The quantitative estimate of drug-likeness (QED) is 0.315. The van der Waals surface area contributed by atoms with Gasteiger partial charge in [0.1, 0.15) is 12.4 Å². The first kappa shape index (κ1) is 28.2. The van der Waals surface area contributed by atoms with Crippen LogP contribution in [-0.2, 0) is 19.1 Å². The van der Waals surface area contributed by atoms with Gasteiger partial charge in [-0.15, -0.1) is 0 Å². The molecule has 2 saturated carbocycles. The Hall–Kier alpha value is -2.83. The highest BCUT2D eigenvalue weighted by atomic mass is 16.5. The van der Waals surface area contributed by atoms with Gasteiger partial charge in [-0.05, 0) is 68.2 Å². The highest BCUT2D eigenvalue weighted by molar-refractivity contribution is 5.99. The van der Waals surface area contributed by atoms with E-state index < -0.39 is 5.97 Å². The summed E-state index contributed by atoms with van der Waals surface area (Å²) in [5, 5.41) is 0. The molecule has 1 saturated heterocycles. The number of esters is 1. The molecule has 7 heteroatoms. The summed E-state index contributed by atoms with van der Waals surface area (Å²) in [6.07, 6.45) is 12.2. The number of ether oxygens (including phenoxy) is 2. The number of amides is 2. The van der Waals surface area contributed by atoms with E-state index in [-0.39, 0.29) is 30.8 Å². The second-order valence-corrected chi connectivity index (χ2v) is 11.2. The van der Waals surface area contributed by atoms with E-state index in [0.29, 0.717) is 36.3 Å². The van der Waals surface area contributed by atoms with Crippen LogP contribution in [0, 0.1) is 17.8 Å². The summed E-state index contributed by atoms with van der Waals surface area (Å²) < 4.78 is 11.1. The monoisotopic (exact) mass is 524 g/mol. The number of likely N-dealkylation sites (tertiary alicyclic amines) is 1. The topological polar surface area (TPSA) is 76.1 Å². The van der Waals surface area contributed by atoms with Crippen molar-refractivity contribution in [2.45, 2.75) is 71.1 Å². The van der Waals surface area contributed by atoms with Crippen molar-refractivity contribution in [3.63, 3.8) is 0 Å². The Morgan fingerprint density at radius 2 is 1.58 bits per heavy atom. The molecule has 0 aromatic heterocycles. The van der Waals surface area contributed by atoms with E-state index >= 15 is 0 Å². The highest BCUT2D eigenvalue weighted by Gasteiger charge is 2.36. The molecule has 1 heterocycles. The van der Waals surface area contributed by atoms with Crippen molar-refractivity contribution in [3.05, 3.63) is 35.4 Å². The van der Waals surface area contributed by atoms with Gasteiger partial charge in [0, 0.05) is 31.6 Å². The second-order valence-electron chi connectivity index (χ2n) is 11.2. The van der Waals surface area contributed by atoms with Crippen LogP contribution in [0.2, 0.25) is 0 Å². The maximum atomic E-state index is 13.1. The lowest BCUT2D eigenvalue weighted by atomic mass is 9.82. The molecule has 4 rings (SSSR count). The zero-order chi connectivity index (χ0) is 26.9. The molecule has 0 unspecified atom stereocenters. The Balaban J connectivity index is 1.31. The molecule has 2 atom stereocenters. The van der Waals surface area contributed by atoms with Crippen LogP contribution < -0.4 is 4.74 Å². The van der Waals surface area contributed by atoms with Gasteiger partial charge in [0.25, 0.3) is 0 Å². The molecule has 2 amide bonds. The molecule has 7 nitrogen and oxygen atoms in total. The fourth-order valence-electron chi connectivity index (χ4n) is 6.22. The molecule has 0 bridgehead atoms. The summed E-state index contributed by atoms with van der Waals surface area (Å²) in [6, 6.07) is 7.45. The van der Waals surface area contributed by atoms with Crippen molar-refractivity contribution in [3.8, 4) is 5.75 Å². The third-order valence-electron chi connectivity index (χ3n) is 8.46. The Bertz CT molecular complexity index is 968. The summed E-state index contributed by atoms with van der Waals surface area (Å²) in [5.41, 5.74) is 1.19. The summed E-state index contributed by atoms with van der Waals surface area (Å²) in [4.78, 5) is 42.1. The first-order valence-corrected chi connectivity index (χ1v) is 14.6. The molecule has 0 N–H and O–H groups in total. The average Bonchev–Trinajstić information content (AvgIpc) is 3.38. The number of hydrogen-bond donors (Lipinski definition) is 0. The van der Waals surface area contributed by atoms with E-state index in [4.69, 9.17) is 9.47 Å². The molecule has 3 aliphatic rings. The van der Waals surface area contributed by atoms with Crippen molar-refractivity contribution < 1.29 is 23.9 Å². The summed E-state index contributed by atoms with van der Waals surface area (Å²) in [5.74, 6) is 1.88. The van der Waals surface area contributed by atoms with Crippen LogP contribution in [0.5, 0.6) is 5.75 Å². The molecule has 3 fully saturated rings. The lowest BCUT2D eigenvalue weighted by Gasteiger charge is -2.26. The van der Waals surface area contributed by atoms with Crippen LogP contribution in [0.4, 0.5) is 0 Å². The van der Waals surface area contributed by atoms with Gasteiger partial charge >= 0.3 is 5.97 Å². The number of benzene rings is 1. The number of carbonyl (C=O) groups is 3. The van der Waals surface area contributed by atoms with Crippen molar-refractivity contribution >= 4 is 23.9 Å². The maximum Gasteiger partial charge on any atom is 0.334 e. The van der Waals surface area contributed by atoms with Gasteiger partial charge < -0.3 is 19.3 Å². The van der Waals surface area contributed by atoms with E-state index in [0.717, 1.165) is 44.3 Å². The minimum atomic E-state index is -0.441. The minimum absolute atomic E-state index is 0.00514. The molecule has 208 valence electrons. The average molecular weight is 525 g/mol. The summed E-state index contributed by atoms with van der Waals surface area (Å²) in [7, 11) is 1.85. The van der Waals surface area contributed by atoms with E-state index in [2.05, 4.69) is 0 Å². The molecular weight excluding hydrogens is 480 g/mol. The third kappa shape index (κ3) is 7.61. The number of nitrogens with zero attached hydrogens (tertiary/aromatic N) is 2. The first-order chi connectivity index (χ1) is 18.4. The van der Waals surface area contributed by atoms with Crippen LogP contribution >= 0.6 is 0 Å². The Morgan fingerprint density at radius 3 is 2.21 bits per heavy atom. The highest BCUT2D eigenvalue weighted by Crippen LogP contribution is 2.36. The molecule has 1 aliphatic heterocycles. The van der Waals surface area contributed by atoms with Gasteiger partial charge in [0.05, 0.1) is 19.6 Å². The number of hydrogen-bond acceptors (Lipinski definition) is 5. The van der Waals surface area contributed by atoms with Crippen LogP contribution in [0.25, 0.3) is 6.08 Å². The van der Waals surface area contributed by atoms with Gasteiger partial charge in [-0.2, -0.15) is 0 Å². The van der Waals surface area contributed by atoms with Crippen LogP contribution in [0.15, 0.2) is 29.8 Å². The van der Waals surface area contributed by atoms with Crippen molar-refractivity contribution in [1.29, 1.82) is 0 Å². The van der Waals surface area contributed by atoms with E-state index in [1.165, 1.54) is 32.1 Å². The van der Waals surface area contributed by atoms with Gasteiger partial charge in [-0.3, -0.25) is 9.59 Å². The lowest BCUT2D eigenvalue weighted by Crippen LogP contribution is -2.36. The zero-order valence-electron chi connectivity index (χ0n) is 23.2. The maximum absolute atomic E-state index is 13.1. The standard InChI is InChI=1S/C31H44N2O5/c1-3-37-31(36)27(20-29(34)33-21-25-11-7-8-12-26(25)22-33)19-23-13-15-28(16-14-23)38-18-17-32(2)30(35)24-9-5-4-6-10-24/h13-16,19,24-26H,3-12,17-18,20-22H2,1-2H3/b27-19+/t25-,26+. The van der Waals surface area contributed by atoms with Gasteiger partial charge in [-0.25, -0.2) is 4.79 Å². The fourth-order valence-corrected chi connectivity index (χ4v) is 6.22. The van der Waals surface area contributed by atoms with Crippen LogP contribution in [0.3, 0.4) is 0 Å².